The van der Waals surface area contributed by atoms with Crippen LogP contribution in [0.2, 0.25) is 5.28 Å². The highest BCUT2D eigenvalue weighted by Crippen LogP contribution is 2.13. The minimum absolute atomic E-state index is 0.00801. The second-order valence-electron chi connectivity index (χ2n) is 13.2. The van der Waals surface area contributed by atoms with E-state index < -0.39 is 0 Å². The lowest BCUT2D eigenvalue weighted by Gasteiger charge is -2.09. The summed E-state index contributed by atoms with van der Waals surface area (Å²) in [5.74, 6) is 0.415. The van der Waals surface area contributed by atoms with E-state index in [1.165, 1.54) is 0 Å². The Balaban J connectivity index is 0.000000150. The Hall–Kier alpha value is -7.35. The summed E-state index contributed by atoms with van der Waals surface area (Å²) in [4.78, 5) is 14.2. The summed E-state index contributed by atoms with van der Waals surface area (Å²) < 4.78 is 0.652. The third-order valence-electron chi connectivity index (χ3n) is 8.24. The van der Waals surface area contributed by atoms with Gasteiger partial charge in [0, 0.05) is 40.8 Å². The number of hydrogen-bond acceptors (Lipinski definition) is 15. The van der Waals surface area contributed by atoms with Gasteiger partial charge in [-0.3, -0.25) is 5.32 Å². The normalized spacial score (nSPS) is 10.6. The number of aryl methyl sites for hydroxylation is 4. The summed E-state index contributed by atoms with van der Waals surface area (Å²) in [5.41, 5.74) is 13.0. The molecule has 0 atom stereocenters. The van der Waals surface area contributed by atoms with Crippen molar-refractivity contribution in [2.75, 3.05) is 29.5 Å². The van der Waals surface area contributed by atoms with Crippen molar-refractivity contribution in [3.05, 3.63) is 126 Å². The van der Waals surface area contributed by atoms with Crippen LogP contribution in [-0.2, 0) is 0 Å². The molecule has 4 N–H and O–H groups in total. The van der Waals surface area contributed by atoms with Gasteiger partial charge in [-0.05, 0) is 113 Å². The van der Waals surface area contributed by atoms with E-state index in [-0.39, 0.29) is 22.7 Å². The Morgan fingerprint density at radius 1 is 0.525 bits per heavy atom. The molecule has 8 rings (SSSR count). The highest BCUT2D eigenvalue weighted by molar-refractivity contribution is 6.28. The molecule has 0 saturated carbocycles. The lowest BCUT2D eigenvalue weighted by molar-refractivity contribution is -0.672. The van der Waals surface area contributed by atoms with E-state index >= 15 is 0 Å². The molecule has 0 spiro atoms. The third-order valence-corrected chi connectivity index (χ3v) is 8.40. The number of anilines is 3. The maximum Gasteiger partial charge on any atom is 0.460 e. The molecule has 59 heavy (non-hydrogen) atoms. The van der Waals surface area contributed by atoms with Gasteiger partial charge in [0.05, 0.1) is 16.7 Å². The maximum atomic E-state index is 11.9. The SMILES string of the molecule is CCCNc1n[n+]([O-])c2cc(C)ccc2[n+]1[O-].CCCNc1nc2ccc(C)cc2[n+]([O-])n1.Cc1ccc2nc(Cl)n[n+]([O-])c2c1.Cc1ccc2nc(N)n[n+]([O-])c2c1. The topological polar surface area (TPSA) is 275 Å². The third kappa shape index (κ3) is 10.9. The summed E-state index contributed by atoms with van der Waals surface area (Å²) >= 11 is 5.52. The fourth-order valence-electron chi connectivity index (χ4n) is 5.37. The van der Waals surface area contributed by atoms with E-state index in [1.54, 1.807) is 48.5 Å². The van der Waals surface area contributed by atoms with Crippen molar-refractivity contribution in [2.45, 2.75) is 54.4 Å². The van der Waals surface area contributed by atoms with Crippen LogP contribution in [0.1, 0.15) is 48.9 Å². The van der Waals surface area contributed by atoms with Crippen LogP contribution >= 0.6 is 11.6 Å². The van der Waals surface area contributed by atoms with Gasteiger partial charge in [-0.2, -0.15) is 0 Å². The fraction of sp³-hybridized carbons (Fsp3) is 0.263. The predicted molar refractivity (Wildman–Crippen MR) is 221 cm³/mol. The number of nitrogens with zero attached hydrogens (tertiary/aromatic N) is 12. The van der Waals surface area contributed by atoms with Crippen LogP contribution in [0.5, 0.6) is 0 Å². The van der Waals surface area contributed by atoms with Crippen molar-refractivity contribution >= 4 is 73.6 Å². The van der Waals surface area contributed by atoms with E-state index in [0.29, 0.717) is 75.2 Å². The molecule has 0 unspecified atom stereocenters. The number of nitrogens with two attached hydrogens (primary N) is 1. The smallest absolute Gasteiger partial charge is 0.460 e. The zero-order valence-electron chi connectivity index (χ0n) is 33.1. The average Bonchev–Trinajstić information content (AvgIpc) is 3.19. The van der Waals surface area contributed by atoms with Gasteiger partial charge >= 0.3 is 5.95 Å². The lowest BCUT2D eigenvalue weighted by Crippen LogP contribution is -2.44. The van der Waals surface area contributed by atoms with Gasteiger partial charge in [0.15, 0.2) is 5.52 Å². The summed E-state index contributed by atoms with van der Waals surface area (Å²) in [5, 5.41) is 77.9. The summed E-state index contributed by atoms with van der Waals surface area (Å²) in [6.07, 6.45) is 1.82. The van der Waals surface area contributed by atoms with Crippen LogP contribution in [0.25, 0.3) is 44.1 Å². The molecule has 21 heteroatoms. The number of fused-ring (bicyclic) bond motifs is 4. The molecule has 0 bridgehead atoms. The van der Waals surface area contributed by atoms with E-state index in [4.69, 9.17) is 17.3 Å². The number of nitrogens with one attached hydrogen (secondary N) is 2. The average molecular weight is 824 g/mol. The van der Waals surface area contributed by atoms with E-state index in [9.17, 15) is 26.0 Å². The van der Waals surface area contributed by atoms with Crippen molar-refractivity contribution in [2.24, 2.45) is 0 Å². The number of rotatable bonds is 6. The van der Waals surface area contributed by atoms with E-state index in [0.717, 1.165) is 41.6 Å². The Morgan fingerprint density at radius 2 is 0.966 bits per heavy atom. The number of halogens is 1. The van der Waals surface area contributed by atoms with Crippen LogP contribution < -0.4 is 40.5 Å². The Kier molecular flexibility index (Phi) is 13.9. The highest BCUT2D eigenvalue weighted by atomic mass is 35.5. The van der Waals surface area contributed by atoms with Crippen LogP contribution in [-0.4, -0.2) is 48.4 Å². The van der Waals surface area contributed by atoms with Gasteiger partial charge < -0.3 is 37.1 Å². The largest absolute Gasteiger partial charge is 0.739 e. The number of benzene rings is 4. The van der Waals surface area contributed by atoms with Crippen molar-refractivity contribution in [3.8, 4) is 0 Å². The van der Waals surface area contributed by atoms with Crippen molar-refractivity contribution in [3.63, 3.8) is 0 Å². The second kappa shape index (κ2) is 19.2. The molecule has 0 radical (unpaired) electrons. The first-order valence-corrected chi connectivity index (χ1v) is 18.7. The van der Waals surface area contributed by atoms with Gasteiger partial charge in [0.25, 0.3) is 39.2 Å². The van der Waals surface area contributed by atoms with E-state index in [1.807, 2.05) is 65.8 Å². The predicted octanol–water partition coefficient (Wildman–Crippen LogP) is 3.40. The zero-order chi connectivity index (χ0) is 42.8. The second-order valence-corrected chi connectivity index (χ2v) is 13.6. The van der Waals surface area contributed by atoms with Crippen molar-refractivity contribution < 1.29 is 24.1 Å². The van der Waals surface area contributed by atoms with Crippen molar-refractivity contribution in [1.82, 2.24) is 35.3 Å². The van der Waals surface area contributed by atoms with Crippen LogP contribution in [0.15, 0.2) is 72.8 Å². The molecule has 8 aromatic rings. The molecule has 4 aromatic carbocycles. The van der Waals surface area contributed by atoms with Gasteiger partial charge in [-0.25, -0.2) is 19.7 Å². The Bertz CT molecular complexity index is 2670. The minimum Gasteiger partial charge on any atom is -0.739 e. The van der Waals surface area contributed by atoms with Crippen LogP contribution in [0.4, 0.5) is 17.8 Å². The van der Waals surface area contributed by atoms with Gasteiger partial charge in [0.1, 0.15) is 16.6 Å². The Morgan fingerprint density at radius 3 is 1.53 bits per heavy atom. The zero-order valence-corrected chi connectivity index (χ0v) is 33.9. The maximum absolute atomic E-state index is 11.9. The van der Waals surface area contributed by atoms with Crippen LogP contribution in [0.3, 0.4) is 0 Å². The molecule has 0 amide bonds. The fourth-order valence-corrected chi connectivity index (χ4v) is 5.53. The molecular weight excluding hydrogens is 782 g/mol. The summed E-state index contributed by atoms with van der Waals surface area (Å²) in [6.45, 7) is 13.0. The first-order chi connectivity index (χ1) is 28.2. The first-order valence-electron chi connectivity index (χ1n) is 18.3. The van der Waals surface area contributed by atoms with Crippen LogP contribution in [0, 0.1) is 53.7 Å². The molecule has 0 aliphatic heterocycles. The highest BCUT2D eigenvalue weighted by Gasteiger charge is 2.19. The molecule has 4 heterocycles. The van der Waals surface area contributed by atoms with Gasteiger partial charge in [0.2, 0.25) is 5.10 Å². The van der Waals surface area contributed by atoms with E-state index in [2.05, 4.69) is 46.0 Å². The monoisotopic (exact) mass is 823 g/mol. The summed E-state index contributed by atoms with van der Waals surface area (Å²) in [7, 11) is 0. The molecular formula is C38H42ClN15O5. The summed E-state index contributed by atoms with van der Waals surface area (Å²) in [6, 6.07) is 21.3. The quantitative estimate of drug-likeness (QED) is 0.160. The molecule has 0 aliphatic carbocycles. The molecule has 4 aromatic heterocycles. The number of nitrogen functional groups attached to an aromatic ring is 1. The molecule has 0 aliphatic rings. The van der Waals surface area contributed by atoms with Gasteiger partial charge in [-0.15, -0.1) is 0 Å². The molecule has 306 valence electrons. The van der Waals surface area contributed by atoms with Gasteiger partial charge in [-0.1, -0.05) is 38.1 Å². The molecule has 20 nitrogen and oxygen atoms in total. The number of hydrogen-bond donors (Lipinski definition) is 3. The first kappa shape index (κ1) is 42.8. The molecule has 0 fully saturated rings. The Labute approximate surface area is 342 Å². The minimum atomic E-state index is -0.0358. The molecule has 0 saturated heterocycles. The lowest BCUT2D eigenvalue weighted by atomic mass is 10.2. The number of aromatic nitrogens is 12. The standard InChI is InChI=1S/C11H14N4O2.C11H14N4O.C8H6ClN3O.C8H8N4O/c1-3-6-12-11-13-15(17)10-7-8(2)4-5-9(10)14(11)16;1-3-6-12-11-13-9-5-4-8(2)7-10(9)15(16)14-11;2*1-5-2-3-6-7(4-5)12(13)11-8(9)10-6/h4-5,7H,3,6H2,1-2H3,(H,12,13);4-5,7H,3,6H2,1-2H3,(H,12,13,14);2-4H,1H3;2-4H,1H3,(H2,9,10,11). The van der Waals surface area contributed by atoms with Crippen molar-refractivity contribution in [1.29, 1.82) is 0 Å².